The highest BCUT2D eigenvalue weighted by molar-refractivity contribution is 7.11. The molecule has 1 saturated heterocycles. The van der Waals surface area contributed by atoms with E-state index in [1.165, 1.54) is 11.3 Å². The highest BCUT2D eigenvalue weighted by Crippen LogP contribution is 2.41. The Morgan fingerprint density at radius 2 is 2.27 bits per heavy atom. The summed E-state index contributed by atoms with van der Waals surface area (Å²) in [6.07, 6.45) is 3.93. The van der Waals surface area contributed by atoms with Gasteiger partial charge in [-0.25, -0.2) is 15.0 Å². The van der Waals surface area contributed by atoms with Crippen molar-refractivity contribution in [1.29, 1.82) is 0 Å². The third kappa shape index (κ3) is 2.50. The van der Waals surface area contributed by atoms with Crippen molar-refractivity contribution >= 4 is 34.5 Å². The van der Waals surface area contributed by atoms with E-state index in [2.05, 4.69) is 15.0 Å². The van der Waals surface area contributed by atoms with Gasteiger partial charge in [-0.3, -0.25) is 9.59 Å². The maximum atomic E-state index is 13.0. The van der Waals surface area contributed by atoms with E-state index in [0.29, 0.717) is 48.5 Å². The van der Waals surface area contributed by atoms with Crippen LogP contribution >= 0.6 is 11.3 Å². The van der Waals surface area contributed by atoms with E-state index in [1.54, 1.807) is 29.7 Å². The van der Waals surface area contributed by atoms with Crippen LogP contribution in [-0.2, 0) is 16.0 Å². The van der Waals surface area contributed by atoms with Gasteiger partial charge in [-0.1, -0.05) is 6.92 Å². The van der Waals surface area contributed by atoms with Crippen molar-refractivity contribution in [2.24, 2.45) is 0 Å². The molecular formula is C17H19N5O3S. The minimum absolute atomic E-state index is 0.0117. The summed E-state index contributed by atoms with van der Waals surface area (Å²) in [5.41, 5.74) is -0.0864. The van der Waals surface area contributed by atoms with Crippen LogP contribution in [0.2, 0.25) is 0 Å². The van der Waals surface area contributed by atoms with Gasteiger partial charge in [0.1, 0.15) is 17.1 Å². The Hall–Kier alpha value is -2.39. The third-order valence-corrected chi connectivity index (χ3v) is 5.82. The SMILES string of the molecule is CCC12COCCN1c1nc(CC(=O)c3nccs3)ncc1N(C)C2=O. The molecule has 0 radical (unpaired) electrons. The Labute approximate surface area is 154 Å². The first-order valence-corrected chi connectivity index (χ1v) is 9.37. The van der Waals surface area contributed by atoms with Gasteiger partial charge in [0.2, 0.25) is 0 Å². The van der Waals surface area contributed by atoms with Crippen LogP contribution in [0.4, 0.5) is 11.5 Å². The van der Waals surface area contributed by atoms with Gasteiger partial charge < -0.3 is 14.5 Å². The predicted octanol–water partition coefficient (Wildman–Crippen LogP) is 1.32. The number of carbonyl (C=O) groups excluding carboxylic acids is 2. The van der Waals surface area contributed by atoms with Gasteiger partial charge in [-0.15, -0.1) is 11.3 Å². The van der Waals surface area contributed by atoms with E-state index < -0.39 is 5.54 Å². The minimum atomic E-state index is -0.745. The summed E-state index contributed by atoms with van der Waals surface area (Å²) in [6.45, 7) is 3.43. The molecule has 0 saturated carbocycles. The lowest BCUT2D eigenvalue weighted by molar-refractivity contribution is -0.128. The monoisotopic (exact) mass is 373 g/mol. The number of aromatic nitrogens is 3. The molecule has 136 valence electrons. The predicted molar refractivity (Wildman–Crippen MR) is 96.8 cm³/mol. The van der Waals surface area contributed by atoms with E-state index in [0.717, 1.165) is 0 Å². The molecule has 0 aliphatic carbocycles. The highest BCUT2D eigenvalue weighted by Gasteiger charge is 2.51. The van der Waals surface area contributed by atoms with Gasteiger partial charge in [0, 0.05) is 25.2 Å². The van der Waals surface area contributed by atoms with Gasteiger partial charge in [0.05, 0.1) is 25.8 Å². The molecule has 1 unspecified atom stereocenters. The second-order valence-corrected chi connectivity index (χ2v) is 7.28. The van der Waals surface area contributed by atoms with Gasteiger partial charge in [-0.05, 0) is 6.42 Å². The van der Waals surface area contributed by atoms with Crippen LogP contribution in [0.15, 0.2) is 17.8 Å². The number of rotatable bonds is 4. The number of carbonyl (C=O) groups is 2. The summed E-state index contributed by atoms with van der Waals surface area (Å²) >= 11 is 1.30. The molecule has 26 heavy (non-hydrogen) atoms. The summed E-state index contributed by atoms with van der Waals surface area (Å²) in [5.74, 6) is 1.00. The number of ketones is 1. The zero-order chi connectivity index (χ0) is 18.3. The number of thiazole rings is 1. The fourth-order valence-corrected chi connectivity index (χ4v) is 4.12. The third-order valence-electron chi connectivity index (χ3n) is 5.01. The Balaban J connectivity index is 1.72. The van der Waals surface area contributed by atoms with Crippen molar-refractivity contribution in [1.82, 2.24) is 15.0 Å². The average Bonchev–Trinajstić information content (AvgIpc) is 3.21. The molecule has 2 aliphatic heterocycles. The minimum Gasteiger partial charge on any atom is -0.377 e. The van der Waals surface area contributed by atoms with Crippen molar-refractivity contribution in [3.05, 3.63) is 28.6 Å². The van der Waals surface area contributed by atoms with E-state index in [4.69, 9.17) is 4.74 Å². The fraction of sp³-hybridized carbons (Fsp3) is 0.471. The van der Waals surface area contributed by atoms with Crippen LogP contribution < -0.4 is 9.80 Å². The van der Waals surface area contributed by atoms with Gasteiger partial charge in [0.15, 0.2) is 16.6 Å². The Kier molecular flexibility index (Phi) is 4.20. The smallest absolute Gasteiger partial charge is 0.255 e. The fourth-order valence-electron chi connectivity index (χ4n) is 3.54. The lowest BCUT2D eigenvalue weighted by atomic mass is 9.89. The normalized spacial score (nSPS) is 22.2. The van der Waals surface area contributed by atoms with E-state index in [1.807, 2.05) is 11.8 Å². The number of nitrogens with zero attached hydrogens (tertiary/aromatic N) is 5. The molecule has 2 aliphatic rings. The lowest BCUT2D eigenvalue weighted by Gasteiger charge is -2.51. The lowest BCUT2D eigenvalue weighted by Crippen LogP contribution is -2.68. The number of likely N-dealkylation sites (N-methyl/N-ethyl adjacent to an activating group) is 1. The summed E-state index contributed by atoms with van der Waals surface area (Å²) in [4.78, 5) is 41.9. The van der Waals surface area contributed by atoms with Crippen molar-refractivity contribution in [3.63, 3.8) is 0 Å². The first-order valence-electron chi connectivity index (χ1n) is 8.49. The molecule has 0 N–H and O–H groups in total. The van der Waals surface area contributed by atoms with Gasteiger partial charge in [-0.2, -0.15) is 0 Å². The van der Waals surface area contributed by atoms with Gasteiger partial charge in [0.25, 0.3) is 5.91 Å². The first-order chi connectivity index (χ1) is 12.6. The maximum absolute atomic E-state index is 13.0. The van der Waals surface area contributed by atoms with Crippen molar-refractivity contribution in [2.75, 3.05) is 36.6 Å². The topological polar surface area (TPSA) is 88.5 Å². The Morgan fingerprint density at radius 1 is 1.42 bits per heavy atom. The van der Waals surface area contributed by atoms with Crippen molar-refractivity contribution in [3.8, 4) is 0 Å². The van der Waals surface area contributed by atoms with Crippen LogP contribution in [0.3, 0.4) is 0 Å². The van der Waals surface area contributed by atoms with Crippen LogP contribution in [0, 0.1) is 0 Å². The van der Waals surface area contributed by atoms with Crippen LogP contribution in [0.1, 0.15) is 29.0 Å². The quantitative estimate of drug-likeness (QED) is 0.747. The number of hydrogen-bond donors (Lipinski definition) is 0. The summed E-state index contributed by atoms with van der Waals surface area (Å²) in [7, 11) is 1.73. The second kappa shape index (κ2) is 6.40. The Morgan fingerprint density at radius 3 is 3.00 bits per heavy atom. The molecular weight excluding hydrogens is 354 g/mol. The van der Waals surface area contributed by atoms with E-state index in [9.17, 15) is 9.59 Å². The Bertz CT molecular complexity index is 856. The maximum Gasteiger partial charge on any atom is 0.255 e. The first kappa shape index (κ1) is 17.0. The van der Waals surface area contributed by atoms with E-state index >= 15 is 0 Å². The molecule has 9 heteroatoms. The molecule has 0 aromatic carbocycles. The molecule has 2 aromatic rings. The molecule has 0 spiro atoms. The highest BCUT2D eigenvalue weighted by atomic mass is 32.1. The molecule has 4 rings (SSSR count). The number of morpholine rings is 1. The number of Topliss-reactive ketones (excluding diaryl/α,β-unsaturated/α-hetero) is 1. The number of amides is 1. The molecule has 8 nitrogen and oxygen atoms in total. The van der Waals surface area contributed by atoms with E-state index in [-0.39, 0.29) is 18.1 Å². The zero-order valence-corrected chi connectivity index (χ0v) is 15.5. The number of fused-ring (bicyclic) bond motifs is 3. The van der Waals surface area contributed by atoms with Crippen LogP contribution in [-0.4, -0.2) is 59.0 Å². The van der Waals surface area contributed by atoms with Gasteiger partial charge >= 0.3 is 0 Å². The average molecular weight is 373 g/mol. The summed E-state index contributed by atoms with van der Waals surface area (Å²) in [6, 6.07) is 0. The van der Waals surface area contributed by atoms with Crippen molar-refractivity contribution in [2.45, 2.75) is 25.3 Å². The second-order valence-electron chi connectivity index (χ2n) is 6.39. The van der Waals surface area contributed by atoms with Crippen LogP contribution in [0.25, 0.3) is 0 Å². The number of anilines is 2. The molecule has 0 bridgehead atoms. The largest absolute Gasteiger partial charge is 0.377 e. The standard InChI is InChI=1S/C17H19N5O3S/c1-3-17-10-25-6-5-22(17)14-11(21(2)16(17)24)9-19-13(20-14)8-12(23)15-18-4-7-26-15/h4,7,9H,3,5-6,8,10H2,1-2H3. The molecule has 1 atom stereocenters. The molecule has 2 aromatic heterocycles. The number of hydrogen-bond acceptors (Lipinski definition) is 8. The van der Waals surface area contributed by atoms with Crippen molar-refractivity contribution < 1.29 is 14.3 Å². The summed E-state index contributed by atoms with van der Waals surface area (Å²) in [5, 5.41) is 2.22. The van der Waals surface area contributed by atoms with Crippen LogP contribution in [0.5, 0.6) is 0 Å². The molecule has 1 fully saturated rings. The summed E-state index contributed by atoms with van der Waals surface area (Å²) < 4.78 is 5.62. The number of ether oxygens (including phenoxy) is 1. The molecule has 1 amide bonds. The zero-order valence-electron chi connectivity index (χ0n) is 14.6. The molecule has 4 heterocycles.